The van der Waals surface area contributed by atoms with Crippen molar-refractivity contribution in [2.75, 3.05) is 0 Å². The maximum absolute atomic E-state index is 9.33. The smallest absolute Gasteiger partial charge is 0.0931 e. The molecule has 3 heteroatoms. The van der Waals surface area contributed by atoms with E-state index in [1.807, 2.05) is 24.0 Å². The van der Waals surface area contributed by atoms with Gasteiger partial charge in [-0.3, -0.25) is 4.98 Å². The number of nitrogens with zero attached hydrogens (tertiary/aromatic N) is 1. The molecule has 1 aliphatic rings. The summed E-state index contributed by atoms with van der Waals surface area (Å²) in [6.45, 7) is 1.74. The Hall–Kier alpha value is -0.540. The Balaban J connectivity index is 1.97. The Morgan fingerprint density at radius 1 is 1.40 bits per heavy atom. The third-order valence-corrected chi connectivity index (χ3v) is 4.11. The van der Waals surface area contributed by atoms with Gasteiger partial charge >= 0.3 is 0 Å². The molecule has 1 N–H and O–H groups in total. The van der Waals surface area contributed by atoms with E-state index in [4.69, 9.17) is 0 Å². The van der Waals surface area contributed by atoms with Crippen LogP contribution in [0.25, 0.3) is 0 Å². The molecule has 1 aromatic rings. The molecule has 1 aliphatic carbocycles. The third-order valence-electron chi connectivity index (χ3n) is 2.79. The number of hydrogen-bond acceptors (Lipinski definition) is 3. The van der Waals surface area contributed by atoms with Gasteiger partial charge in [0.15, 0.2) is 0 Å². The molecule has 1 heterocycles. The van der Waals surface area contributed by atoms with Crippen LogP contribution in [0.15, 0.2) is 23.2 Å². The number of aromatic nitrogens is 1. The van der Waals surface area contributed by atoms with Gasteiger partial charge in [-0.25, -0.2) is 0 Å². The van der Waals surface area contributed by atoms with Crippen molar-refractivity contribution in [3.8, 4) is 0 Å². The van der Waals surface area contributed by atoms with E-state index in [-0.39, 0.29) is 0 Å². The van der Waals surface area contributed by atoms with Crippen molar-refractivity contribution in [2.24, 2.45) is 0 Å². The Morgan fingerprint density at radius 2 is 2.13 bits per heavy atom. The molecule has 0 unspecified atom stereocenters. The summed E-state index contributed by atoms with van der Waals surface area (Å²) in [6.07, 6.45) is 6.83. The topological polar surface area (TPSA) is 33.1 Å². The van der Waals surface area contributed by atoms with E-state index in [9.17, 15) is 5.11 Å². The summed E-state index contributed by atoms with van der Waals surface area (Å²) in [5.41, 5.74) is 0.755. The number of hydrogen-bond donors (Lipinski definition) is 1. The van der Waals surface area contributed by atoms with Crippen LogP contribution in [-0.4, -0.2) is 15.3 Å². The molecule has 0 spiro atoms. The van der Waals surface area contributed by atoms with Crippen LogP contribution in [0.2, 0.25) is 0 Å². The molecule has 1 fully saturated rings. The van der Waals surface area contributed by atoms with E-state index < -0.39 is 6.10 Å². The molecule has 2 rings (SSSR count). The Morgan fingerprint density at radius 3 is 2.67 bits per heavy atom. The number of aliphatic hydroxyl groups excluding tert-OH is 1. The predicted molar refractivity (Wildman–Crippen MR) is 63.0 cm³/mol. The van der Waals surface area contributed by atoms with Crippen LogP contribution in [0.5, 0.6) is 0 Å². The summed E-state index contributed by atoms with van der Waals surface area (Å²) in [5.74, 6) is 0. The van der Waals surface area contributed by atoms with Gasteiger partial charge in [0.1, 0.15) is 0 Å². The van der Waals surface area contributed by atoms with Crippen molar-refractivity contribution in [1.82, 2.24) is 4.98 Å². The molecule has 0 aliphatic heterocycles. The highest BCUT2D eigenvalue weighted by molar-refractivity contribution is 8.00. The van der Waals surface area contributed by atoms with Gasteiger partial charge in [-0.05, 0) is 31.9 Å². The summed E-state index contributed by atoms with van der Waals surface area (Å²) < 4.78 is 0. The van der Waals surface area contributed by atoms with E-state index in [1.165, 1.54) is 30.6 Å². The van der Waals surface area contributed by atoms with E-state index in [2.05, 4.69) is 11.1 Å². The first-order chi connectivity index (χ1) is 7.25. The van der Waals surface area contributed by atoms with E-state index in [0.29, 0.717) is 0 Å². The maximum Gasteiger partial charge on any atom is 0.0931 e. The first-order valence-corrected chi connectivity index (χ1v) is 6.44. The zero-order valence-corrected chi connectivity index (χ0v) is 9.83. The van der Waals surface area contributed by atoms with Crippen LogP contribution in [0.3, 0.4) is 0 Å². The van der Waals surface area contributed by atoms with E-state index in [0.717, 1.165) is 10.9 Å². The standard InChI is InChI=1S/C12H17NOS/c1-9(14)12-7-6-11(8-13-12)15-10-4-2-3-5-10/h6-10,14H,2-5H2,1H3/t9-/m1/s1. The molecule has 82 valence electrons. The van der Waals surface area contributed by atoms with Crippen molar-refractivity contribution in [3.63, 3.8) is 0 Å². The lowest BCUT2D eigenvalue weighted by molar-refractivity contribution is 0.194. The number of thioether (sulfide) groups is 1. The monoisotopic (exact) mass is 223 g/mol. The zero-order chi connectivity index (χ0) is 10.7. The molecule has 1 aromatic heterocycles. The molecule has 15 heavy (non-hydrogen) atoms. The second kappa shape index (κ2) is 4.99. The van der Waals surface area contributed by atoms with Gasteiger partial charge < -0.3 is 5.11 Å². The van der Waals surface area contributed by atoms with E-state index in [1.54, 1.807) is 6.92 Å². The van der Waals surface area contributed by atoms with Crippen LogP contribution in [0, 0.1) is 0 Å². The fraction of sp³-hybridized carbons (Fsp3) is 0.583. The van der Waals surface area contributed by atoms with Gasteiger partial charge in [-0.1, -0.05) is 12.8 Å². The van der Waals surface area contributed by atoms with Crippen molar-refractivity contribution in [3.05, 3.63) is 24.0 Å². The van der Waals surface area contributed by atoms with Gasteiger partial charge in [0.05, 0.1) is 11.8 Å². The first-order valence-electron chi connectivity index (χ1n) is 5.56. The highest BCUT2D eigenvalue weighted by atomic mass is 32.2. The van der Waals surface area contributed by atoms with Gasteiger partial charge in [-0.15, -0.1) is 11.8 Å². The Labute approximate surface area is 95.1 Å². The summed E-state index contributed by atoms with van der Waals surface area (Å²) in [4.78, 5) is 5.48. The van der Waals surface area contributed by atoms with Crippen molar-refractivity contribution >= 4 is 11.8 Å². The molecule has 2 nitrogen and oxygen atoms in total. The van der Waals surface area contributed by atoms with Gasteiger partial charge in [0, 0.05) is 16.3 Å². The summed E-state index contributed by atoms with van der Waals surface area (Å²) in [5, 5.41) is 10.1. The van der Waals surface area contributed by atoms with Crippen molar-refractivity contribution < 1.29 is 5.11 Å². The lowest BCUT2D eigenvalue weighted by Gasteiger charge is -2.09. The van der Waals surface area contributed by atoms with Gasteiger partial charge in [0.2, 0.25) is 0 Å². The Kier molecular flexibility index (Phi) is 3.65. The minimum Gasteiger partial charge on any atom is -0.387 e. The van der Waals surface area contributed by atoms with Crippen molar-refractivity contribution in [2.45, 2.75) is 48.9 Å². The van der Waals surface area contributed by atoms with Gasteiger partial charge in [-0.2, -0.15) is 0 Å². The van der Waals surface area contributed by atoms with E-state index >= 15 is 0 Å². The average molecular weight is 223 g/mol. The number of pyridine rings is 1. The molecular formula is C12H17NOS. The Bertz CT molecular complexity index is 304. The molecule has 0 amide bonds. The average Bonchev–Trinajstić information content (AvgIpc) is 2.71. The summed E-state index contributed by atoms with van der Waals surface area (Å²) >= 11 is 1.93. The zero-order valence-electron chi connectivity index (χ0n) is 9.02. The number of aliphatic hydroxyl groups is 1. The molecule has 0 bridgehead atoms. The molecule has 1 atom stereocenters. The van der Waals surface area contributed by atoms with Crippen molar-refractivity contribution in [1.29, 1.82) is 0 Å². The maximum atomic E-state index is 9.33. The van der Waals surface area contributed by atoms with Crippen LogP contribution in [0.1, 0.15) is 44.4 Å². The lowest BCUT2D eigenvalue weighted by atomic mass is 10.2. The van der Waals surface area contributed by atoms with Crippen LogP contribution < -0.4 is 0 Å². The second-order valence-electron chi connectivity index (χ2n) is 4.12. The van der Waals surface area contributed by atoms with Crippen LogP contribution in [-0.2, 0) is 0 Å². The van der Waals surface area contributed by atoms with Gasteiger partial charge in [0.25, 0.3) is 0 Å². The SMILES string of the molecule is C[C@@H](O)c1ccc(SC2CCCC2)cn1. The molecule has 0 radical (unpaired) electrons. The number of rotatable bonds is 3. The molecule has 0 saturated heterocycles. The molecular weight excluding hydrogens is 206 g/mol. The highest BCUT2D eigenvalue weighted by Crippen LogP contribution is 2.34. The predicted octanol–water partition coefficient (Wildman–Crippen LogP) is 3.17. The quantitative estimate of drug-likeness (QED) is 0.854. The molecule has 0 aromatic carbocycles. The normalized spacial score (nSPS) is 19.3. The lowest BCUT2D eigenvalue weighted by Crippen LogP contribution is -1.96. The highest BCUT2D eigenvalue weighted by Gasteiger charge is 2.16. The third kappa shape index (κ3) is 2.95. The largest absolute Gasteiger partial charge is 0.387 e. The second-order valence-corrected chi connectivity index (χ2v) is 5.49. The fourth-order valence-electron chi connectivity index (χ4n) is 1.91. The van der Waals surface area contributed by atoms with Crippen LogP contribution in [0.4, 0.5) is 0 Å². The minimum absolute atomic E-state index is 0.462. The van der Waals surface area contributed by atoms with Crippen LogP contribution >= 0.6 is 11.8 Å². The molecule has 1 saturated carbocycles. The minimum atomic E-state index is -0.462. The fourth-order valence-corrected chi connectivity index (χ4v) is 3.12. The summed E-state index contributed by atoms with van der Waals surface area (Å²) in [7, 11) is 0. The summed E-state index contributed by atoms with van der Waals surface area (Å²) in [6, 6.07) is 3.99. The first kappa shape index (κ1) is 11.0.